The fourth-order valence-electron chi connectivity index (χ4n) is 4.56. The van der Waals surface area contributed by atoms with Crippen molar-refractivity contribution in [3.63, 3.8) is 0 Å². The first-order valence-corrected chi connectivity index (χ1v) is 10.7. The Balaban J connectivity index is 1.42. The fraction of sp³-hybridized carbons (Fsp3) is 0.280. The molecule has 0 bridgehead atoms. The van der Waals surface area contributed by atoms with Gasteiger partial charge in [0, 0.05) is 37.0 Å². The highest BCUT2D eigenvalue weighted by molar-refractivity contribution is 5.94. The molecule has 1 aliphatic heterocycles. The molecule has 1 saturated heterocycles. The first kappa shape index (κ1) is 20.0. The van der Waals surface area contributed by atoms with Crippen molar-refractivity contribution in [1.29, 1.82) is 5.26 Å². The van der Waals surface area contributed by atoms with E-state index in [4.69, 9.17) is 4.52 Å². The summed E-state index contributed by atoms with van der Waals surface area (Å²) in [6.45, 7) is 3.45. The first-order valence-electron chi connectivity index (χ1n) is 10.7. The highest BCUT2D eigenvalue weighted by Crippen LogP contribution is 2.34. The van der Waals surface area contributed by atoms with Crippen LogP contribution in [0.3, 0.4) is 0 Å². The largest absolute Gasteiger partial charge is 0.370 e. The van der Waals surface area contributed by atoms with E-state index in [0.29, 0.717) is 24.8 Å². The van der Waals surface area contributed by atoms with E-state index in [1.165, 1.54) is 0 Å². The Labute approximate surface area is 185 Å². The smallest absolute Gasteiger partial charge is 0.270 e. The summed E-state index contributed by atoms with van der Waals surface area (Å²) in [5.41, 5.74) is 3.59. The van der Waals surface area contributed by atoms with Crippen LogP contribution in [-0.4, -0.2) is 27.8 Å². The van der Waals surface area contributed by atoms with Crippen molar-refractivity contribution in [2.45, 2.75) is 25.7 Å². The Hall–Kier alpha value is -3.92. The molecule has 2 aromatic heterocycles. The quantitative estimate of drug-likeness (QED) is 0.490. The van der Waals surface area contributed by atoms with E-state index >= 15 is 0 Å². The van der Waals surface area contributed by atoms with Crippen molar-refractivity contribution in [2.24, 2.45) is 7.05 Å². The molecule has 3 heterocycles. The standard InChI is InChI=1S/C25H23N5O2/c1-16-6-5-7-18(14-16)23-27-24(32-28-23)17-10-12-30(13-11-17)22-19-8-3-4-9-21(19)29(2)25(31)20(22)15-26/h3-9,14,17H,10-13H2,1-2H3. The lowest BCUT2D eigenvalue weighted by Gasteiger charge is -2.33. The summed E-state index contributed by atoms with van der Waals surface area (Å²) in [6, 6.07) is 17.9. The van der Waals surface area contributed by atoms with Gasteiger partial charge in [0.15, 0.2) is 0 Å². The molecule has 0 atom stereocenters. The number of para-hydroxylation sites is 1. The van der Waals surface area contributed by atoms with Gasteiger partial charge in [0.1, 0.15) is 11.6 Å². The monoisotopic (exact) mass is 425 g/mol. The molecule has 1 fully saturated rings. The summed E-state index contributed by atoms with van der Waals surface area (Å²) in [6.07, 6.45) is 1.62. The Morgan fingerprint density at radius 3 is 2.66 bits per heavy atom. The van der Waals surface area contributed by atoms with Gasteiger partial charge in [-0.05, 0) is 31.9 Å². The van der Waals surface area contributed by atoms with E-state index in [-0.39, 0.29) is 17.0 Å². The average Bonchev–Trinajstić information content (AvgIpc) is 3.32. The maximum absolute atomic E-state index is 12.8. The number of aromatic nitrogens is 3. The number of aryl methyl sites for hydroxylation is 2. The molecule has 5 rings (SSSR count). The summed E-state index contributed by atoms with van der Waals surface area (Å²) in [5, 5.41) is 14.9. The third-order valence-electron chi connectivity index (χ3n) is 6.27. The predicted molar refractivity (Wildman–Crippen MR) is 123 cm³/mol. The van der Waals surface area contributed by atoms with Crippen LogP contribution in [0.4, 0.5) is 5.69 Å². The van der Waals surface area contributed by atoms with Crippen LogP contribution < -0.4 is 10.5 Å². The number of nitriles is 1. The zero-order valence-corrected chi connectivity index (χ0v) is 18.1. The zero-order chi connectivity index (χ0) is 22.2. The van der Waals surface area contributed by atoms with Crippen LogP contribution in [0.1, 0.15) is 35.8 Å². The lowest BCUT2D eigenvalue weighted by atomic mass is 9.95. The van der Waals surface area contributed by atoms with E-state index in [1.807, 2.05) is 55.5 Å². The Bertz CT molecular complexity index is 1400. The number of anilines is 1. The minimum absolute atomic E-state index is 0.153. The third-order valence-corrected chi connectivity index (χ3v) is 6.27. The van der Waals surface area contributed by atoms with Crippen molar-refractivity contribution in [1.82, 2.24) is 14.7 Å². The highest BCUT2D eigenvalue weighted by atomic mass is 16.5. The molecule has 0 unspecified atom stereocenters. The Kier molecular flexibility index (Phi) is 4.98. The number of hydrogen-bond donors (Lipinski definition) is 0. The van der Waals surface area contributed by atoms with Gasteiger partial charge in [0.25, 0.3) is 5.56 Å². The van der Waals surface area contributed by atoms with Crippen LogP contribution >= 0.6 is 0 Å². The Morgan fingerprint density at radius 1 is 1.12 bits per heavy atom. The van der Waals surface area contributed by atoms with Crippen LogP contribution in [0.2, 0.25) is 0 Å². The molecular weight excluding hydrogens is 402 g/mol. The van der Waals surface area contributed by atoms with Crippen molar-refractivity contribution in [3.05, 3.63) is 75.9 Å². The highest BCUT2D eigenvalue weighted by Gasteiger charge is 2.28. The molecule has 0 aliphatic carbocycles. The summed E-state index contributed by atoms with van der Waals surface area (Å²) >= 11 is 0. The minimum atomic E-state index is -0.261. The van der Waals surface area contributed by atoms with E-state index in [0.717, 1.165) is 40.6 Å². The van der Waals surface area contributed by atoms with Crippen molar-refractivity contribution in [3.8, 4) is 17.5 Å². The molecule has 4 aromatic rings. The second-order valence-electron chi connectivity index (χ2n) is 8.30. The van der Waals surface area contributed by atoms with Crippen LogP contribution in [0.5, 0.6) is 0 Å². The molecule has 0 N–H and O–H groups in total. The van der Waals surface area contributed by atoms with Gasteiger partial charge in [-0.25, -0.2) is 0 Å². The van der Waals surface area contributed by atoms with Gasteiger partial charge in [-0.3, -0.25) is 4.79 Å². The zero-order valence-electron chi connectivity index (χ0n) is 18.1. The second-order valence-corrected chi connectivity index (χ2v) is 8.30. The maximum Gasteiger partial charge on any atom is 0.270 e. The van der Waals surface area contributed by atoms with Crippen molar-refractivity contribution < 1.29 is 4.52 Å². The van der Waals surface area contributed by atoms with Gasteiger partial charge in [-0.2, -0.15) is 10.2 Å². The van der Waals surface area contributed by atoms with Gasteiger partial charge >= 0.3 is 0 Å². The molecule has 32 heavy (non-hydrogen) atoms. The van der Waals surface area contributed by atoms with Crippen LogP contribution in [-0.2, 0) is 7.05 Å². The summed E-state index contributed by atoms with van der Waals surface area (Å²) in [7, 11) is 1.71. The number of piperidine rings is 1. The normalized spacial score (nSPS) is 14.6. The molecular formula is C25H23N5O2. The number of rotatable bonds is 3. The predicted octanol–water partition coefficient (Wildman–Crippen LogP) is 4.15. The second kappa shape index (κ2) is 7.97. The summed E-state index contributed by atoms with van der Waals surface area (Å²) < 4.78 is 7.16. The lowest BCUT2D eigenvalue weighted by molar-refractivity contribution is 0.329. The Morgan fingerprint density at radius 2 is 1.91 bits per heavy atom. The molecule has 7 nitrogen and oxygen atoms in total. The maximum atomic E-state index is 12.8. The third kappa shape index (κ3) is 3.34. The SMILES string of the molecule is Cc1cccc(-c2noc(C3CCN(c4c(C#N)c(=O)n(C)c5ccccc45)CC3)n2)c1. The van der Waals surface area contributed by atoms with Crippen LogP contribution in [0.25, 0.3) is 22.3 Å². The molecule has 0 amide bonds. The summed E-state index contributed by atoms with van der Waals surface area (Å²) in [4.78, 5) is 19.6. The number of hydrogen-bond acceptors (Lipinski definition) is 6. The van der Waals surface area contributed by atoms with Crippen LogP contribution in [0, 0.1) is 18.3 Å². The van der Waals surface area contributed by atoms with Gasteiger partial charge < -0.3 is 14.0 Å². The summed E-state index contributed by atoms with van der Waals surface area (Å²) in [5.74, 6) is 1.41. The molecule has 0 radical (unpaired) electrons. The molecule has 0 spiro atoms. The molecule has 160 valence electrons. The van der Waals surface area contributed by atoms with E-state index in [9.17, 15) is 10.1 Å². The molecule has 0 saturated carbocycles. The van der Waals surface area contributed by atoms with Gasteiger partial charge in [0.2, 0.25) is 11.7 Å². The van der Waals surface area contributed by atoms with Gasteiger partial charge in [-0.15, -0.1) is 0 Å². The minimum Gasteiger partial charge on any atom is -0.370 e. The van der Waals surface area contributed by atoms with Gasteiger partial charge in [-0.1, -0.05) is 47.1 Å². The number of nitrogens with zero attached hydrogens (tertiary/aromatic N) is 5. The fourth-order valence-corrected chi connectivity index (χ4v) is 4.56. The lowest BCUT2D eigenvalue weighted by Crippen LogP contribution is -2.35. The number of pyridine rings is 1. The van der Waals surface area contributed by atoms with Gasteiger partial charge in [0.05, 0.1) is 11.2 Å². The first-order chi connectivity index (χ1) is 15.6. The molecule has 1 aliphatic rings. The number of benzene rings is 2. The van der Waals surface area contributed by atoms with E-state index in [1.54, 1.807) is 11.6 Å². The topological polar surface area (TPSA) is 88.0 Å². The van der Waals surface area contributed by atoms with E-state index in [2.05, 4.69) is 21.1 Å². The van der Waals surface area contributed by atoms with Crippen LogP contribution in [0.15, 0.2) is 57.8 Å². The average molecular weight is 425 g/mol. The van der Waals surface area contributed by atoms with E-state index < -0.39 is 0 Å². The van der Waals surface area contributed by atoms with Crippen molar-refractivity contribution >= 4 is 16.6 Å². The molecule has 7 heteroatoms. The molecule has 2 aromatic carbocycles. The number of fused-ring (bicyclic) bond motifs is 1. The van der Waals surface area contributed by atoms with Crippen molar-refractivity contribution in [2.75, 3.05) is 18.0 Å².